The maximum atomic E-state index is 13.0. The largest absolute Gasteiger partial charge is 0.490 e. The fraction of sp³-hybridized carbons (Fsp3) is 0.154. The number of hydrogen-bond acceptors (Lipinski definition) is 6. The summed E-state index contributed by atoms with van der Waals surface area (Å²) >= 11 is 11.4. The minimum absolute atomic E-state index is 0.209. The molecule has 1 aromatic heterocycles. The van der Waals surface area contributed by atoms with Crippen molar-refractivity contribution in [1.82, 2.24) is 9.66 Å². The van der Waals surface area contributed by atoms with Gasteiger partial charge in [-0.2, -0.15) is 9.78 Å². The summed E-state index contributed by atoms with van der Waals surface area (Å²) in [4.78, 5) is 29.9. The summed E-state index contributed by atoms with van der Waals surface area (Å²) in [5.41, 5.74) is 1.63. The van der Waals surface area contributed by atoms with Gasteiger partial charge in [-0.3, -0.25) is 9.59 Å². The van der Waals surface area contributed by atoms with Crippen LogP contribution in [0.5, 0.6) is 11.5 Å². The average molecular weight is 696 g/mol. The van der Waals surface area contributed by atoms with Gasteiger partial charge in [0.05, 0.1) is 27.3 Å². The molecular formula is C26H21BrClIN4O4. The molecule has 1 heterocycles. The van der Waals surface area contributed by atoms with Crippen LogP contribution in [0.15, 0.2) is 69.0 Å². The van der Waals surface area contributed by atoms with E-state index < -0.39 is 0 Å². The molecule has 0 bridgehead atoms. The molecule has 0 fully saturated rings. The summed E-state index contributed by atoms with van der Waals surface area (Å²) in [6.45, 7) is 3.76. The molecule has 0 saturated carbocycles. The first-order chi connectivity index (χ1) is 17.7. The number of fused-ring (bicyclic) bond motifs is 1. The van der Waals surface area contributed by atoms with Crippen LogP contribution >= 0.6 is 50.1 Å². The molecule has 0 unspecified atom stereocenters. The molecule has 3 aromatic carbocycles. The molecule has 0 aliphatic rings. The van der Waals surface area contributed by atoms with Gasteiger partial charge in [-0.1, -0.05) is 27.5 Å². The third kappa shape index (κ3) is 6.68. The van der Waals surface area contributed by atoms with E-state index in [0.29, 0.717) is 54.7 Å². The highest BCUT2D eigenvalue weighted by molar-refractivity contribution is 14.1. The van der Waals surface area contributed by atoms with Gasteiger partial charge in [0.15, 0.2) is 18.1 Å². The van der Waals surface area contributed by atoms with Crippen molar-refractivity contribution in [2.75, 3.05) is 18.5 Å². The molecule has 4 rings (SSSR count). The van der Waals surface area contributed by atoms with Crippen LogP contribution in [0.3, 0.4) is 0 Å². The molecular weight excluding hydrogens is 675 g/mol. The molecule has 37 heavy (non-hydrogen) atoms. The monoisotopic (exact) mass is 694 g/mol. The van der Waals surface area contributed by atoms with Gasteiger partial charge >= 0.3 is 0 Å². The van der Waals surface area contributed by atoms with Crippen molar-refractivity contribution in [3.05, 3.63) is 89.4 Å². The smallest absolute Gasteiger partial charge is 0.282 e. The SMILES string of the molecule is CCOc1cc(C=Nn2c(C)nc3ccc(Br)cc3c2=O)cc(I)c1OCC(=O)Nc1ccc(Cl)cc1. The predicted molar refractivity (Wildman–Crippen MR) is 157 cm³/mol. The minimum atomic E-state index is -0.323. The van der Waals surface area contributed by atoms with Gasteiger partial charge in [-0.15, -0.1) is 0 Å². The highest BCUT2D eigenvalue weighted by Crippen LogP contribution is 2.34. The Bertz CT molecular complexity index is 1560. The van der Waals surface area contributed by atoms with E-state index in [-0.39, 0.29) is 18.1 Å². The third-order valence-electron chi connectivity index (χ3n) is 5.10. The standard InChI is InChI=1S/C26H21BrClIN4O4/c1-3-36-23-11-16(13-30-33-15(2)31-22-9-4-17(27)12-20(22)26(33)35)10-21(29)25(23)37-14-24(34)32-19-7-5-18(28)6-8-19/h4-13H,3,14H2,1-2H3,(H,32,34). The van der Waals surface area contributed by atoms with E-state index in [2.05, 4.69) is 53.9 Å². The van der Waals surface area contributed by atoms with Crippen molar-refractivity contribution < 1.29 is 14.3 Å². The van der Waals surface area contributed by atoms with Crippen molar-refractivity contribution in [3.8, 4) is 11.5 Å². The van der Waals surface area contributed by atoms with Crippen LogP contribution in [0.2, 0.25) is 5.02 Å². The summed E-state index contributed by atoms with van der Waals surface area (Å²) in [5, 5.41) is 8.18. The molecule has 0 aliphatic carbocycles. The number of ether oxygens (including phenoxy) is 2. The van der Waals surface area contributed by atoms with Crippen LogP contribution in [-0.4, -0.2) is 35.0 Å². The normalized spacial score (nSPS) is 11.2. The van der Waals surface area contributed by atoms with E-state index >= 15 is 0 Å². The minimum Gasteiger partial charge on any atom is -0.490 e. The number of benzene rings is 3. The Morgan fingerprint density at radius 2 is 1.95 bits per heavy atom. The first-order valence-corrected chi connectivity index (χ1v) is 13.4. The number of nitrogens with one attached hydrogen (secondary N) is 1. The van der Waals surface area contributed by atoms with E-state index in [9.17, 15) is 9.59 Å². The molecule has 11 heteroatoms. The van der Waals surface area contributed by atoms with E-state index in [1.165, 1.54) is 4.68 Å². The first kappa shape index (κ1) is 27.1. The van der Waals surface area contributed by atoms with Crippen molar-refractivity contribution in [3.63, 3.8) is 0 Å². The predicted octanol–water partition coefficient (Wildman–Crippen LogP) is 6.02. The molecule has 4 aromatic rings. The van der Waals surface area contributed by atoms with Gasteiger partial charge in [0, 0.05) is 15.2 Å². The summed E-state index contributed by atoms with van der Waals surface area (Å²) in [5.74, 6) is 1.04. The second kappa shape index (κ2) is 12.1. The van der Waals surface area contributed by atoms with Crippen molar-refractivity contribution in [1.29, 1.82) is 0 Å². The Morgan fingerprint density at radius 3 is 2.68 bits per heavy atom. The molecule has 8 nitrogen and oxygen atoms in total. The fourth-order valence-corrected chi connectivity index (χ4v) is 4.72. The van der Waals surface area contributed by atoms with E-state index in [1.807, 2.05) is 19.1 Å². The highest BCUT2D eigenvalue weighted by Gasteiger charge is 2.14. The Kier molecular flexibility index (Phi) is 8.83. The van der Waals surface area contributed by atoms with Crippen molar-refractivity contribution in [2.45, 2.75) is 13.8 Å². The van der Waals surface area contributed by atoms with E-state index in [4.69, 9.17) is 21.1 Å². The van der Waals surface area contributed by atoms with Crippen molar-refractivity contribution >= 4 is 78.8 Å². The lowest BCUT2D eigenvalue weighted by Crippen LogP contribution is -2.21. The van der Waals surface area contributed by atoms with Gasteiger partial charge in [0.2, 0.25) is 0 Å². The van der Waals surface area contributed by atoms with Gasteiger partial charge in [0.1, 0.15) is 5.82 Å². The number of aromatic nitrogens is 2. The third-order valence-corrected chi connectivity index (χ3v) is 6.65. The maximum absolute atomic E-state index is 13.0. The molecule has 0 spiro atoms. The maximum Gasteiger partial charge on any atom is 0.282 e. The summed E-state index contributed by atoms with van der Waals surface area (Å²) in [7, 11) is 0. The van der Waals surface area contributed by atoms with Gasteiger partial charge < -0.3 is 14.8 Å². The molecule has 0 aliphatic heterocycles. The average Bonchev–Trinajstić information content (AvgIpc) is 2.85. The number of hydrogen-bond donors (Lipinski definition) is 1. The summed E-state index contributed by atoms with van der Waals surface area (Å²) in [6, 6.07) is 15.7. The highest BCUT2D eigenvalue weighted by atomic mass is 127. The molecule has 0 atom stereocenters. The Hall–Kier alpha value is -2.96. The second-order valence-electron chi connectivity index (χ2n) is 7.79. The number of carbonyl (C=O) groups excluding carboxylic acids is 1. The van der Waals surface area contributed by atoms with Crippen LogP contribution in [0.1, 0.15) is 18.3 Å². The van der Waals surface area contributed by atoms with Gasteiger partial charge in [-0.05, 0) is 96.6 Å². The lowest BCUT2D eigenvalue weighted by Gasteiger charge is -2.14. The second-order valence-corrected chi connectivity index (χ2v) is 10.3. The van der Waals surface area contributed by atoms with Crippen LogP contribution < -0.4 is 20.3 Å². The molecule has 1 amide bonds. The number of carbonyl (C=O) groups is 1. The molecule has 0 saturated heterocycles. The zero-order valence-electron chi connectivity index (χ0n) is 19.8. The fourth-order valence-electron chi connectivity index (χ4n) is 3.45. The zero-order valence-corrected chi connectivity index (χ0v) is 24.3. The number of rotatable bonds is 8. The summed E-state index contributed by atoms with van der Waals surface area (Å²) in [6.07, 6.45) is 1.56. The quantitative estimate of drug-likeness (QED) is 0.180. The number of anilines is 1. The zero-order chi connectivity index (χ0) is 26.5. The first-order valence-electron chi connectivity index (χ1n) is 11.1. The van der Waals surface area contributed by atoms with Gasteiger partial charge in [0.25, 0.3) is 11.5 Å². The Labute approximate surface area is 239 Å². The van der Waals surface area contributed by atoms with Crippen LogP contribution in [0.25, 0.3) is 10.9 Å². The van der Waals surface area contributed by atoms with E-state index in [0.717, 1.165) is 4.47 Å². The van der Waals surface area contributed by atoms with Crippen molar-refractivity contribution in [2.24, 2.45) is 5.10 Å². The molecule has 0 radical (unpaired) electrons. The van der Waals surface area contributed by atoms with Crippen LogP contribution in [0, 0.1) is 10.5 Å². The van der Waals surface area contributed by atoms with E-state index in [1.54, 1.807) is 55.6 Å². The summed E-state index contributed by atoms with van der Waals surface area (Å²) < 4.78 is 14.3. The van der Waals surface area contributed by atoms with Gasteiger partial charge in [-0.25, -0.2) is 4.98 Å². The number of nitrogens with zero attached hydrogens (tertiary/aromatic N) is 3. The molecule has 1 N–H and O–H groups in total. The lowest BCUT2D eigenvalue weighted by atomic mass is 10.2. The molecule has 190 valence electrons. The number of amides is 1. The lowest BCUT2D eigenvalue weighted by molar-refractivity contribution is -0.118. The van der Waals surface area contributed by atoms with Crippen LogP contribution in [-0.2, 0) is 4.79 Å². The topological polar surface area (TPSA) is 94.8 Å². The Morgan fingerprint density at radius 1 is 1.19 bits per heavy atom. The van der Waals surface area contributed by atoms with Crippen LogP contribution in [0.4, 0.5) is 5.69 Å². The Balaban J connectivity index is 1.56. The number of aryl methyl sites for hydroxylation is 1. The number of halogens is 3.